The Morgan fingerprint density at radius 2 is 1.76 bits per heavy atom. The summed E-state index contributed by atoms with van der Waals surface area (Å²) in [5.74, 6) is 1.43. The average Bonchev–Trinajstić information content (AvgIpc) is 3.05. The minimum atomic E-state index is 0.128. The number of rotatable bonds is 4. The predicted molar refractivity (Wildman–Crippen MR) is 96.4 cm³/mol. The summed E-state index contributed by atoms with van der Waals surface area (Å²) in [6, 6.07) is 7.65. The minimum Gasteiger partial charge on any atom is -0.497 e. The maximum absolute atomic E-state index is 12.6. The number of hydrogen-bond donors (Lipinski definition) is 0. The van der Waals surface area contributed by atoms with Crippen LogP contribution in [0.15, 0.2) is 24.3 Å². The highest BCUT2D eigenvalue weighted by Crippen LogP contribution is 2.27. The molecule has 25 heavy (non-hydrogen) atoms. The van der Waals surface area contributed by atoms with Crippen LogP contribution in [0.4, 0.5) is 0 Å². The van der Waals surface area contributed by atoms with Gasteiger partial charge >= 0.3 is 0 Å². The van der Waals surface area contributed by atoms with Crippen LogP contribution in [0, 0.1) is 5.92 Å². The van der Waals surface area contributed by atoms with Gasteiger partial charge in [0.05, 0.1) is 13.5 Å². The first-order valence-corrected chi connectivity index (χ1v) is 9.37. The summed E-state index contributed by atoms with van der Waals surface area (Å²) in [7, 11) is 1.63. The zero-order valence-electron chi connectivity index (χ0n) is 15.1. The van der Waals surface area contributed by atoms with Crippen LogP contribution in [-0.2, 0) is 16.0 Å². The van der Waals surface area contributed by atoms with Crippen LogP contribution in [0.2, 0.25) is 0 Å². The molecule has 0 spiro atoms. The Balaban J connectivity index is 1.54. The van der Waals surface area contributed by atoms with Gasteiger partial charge in [0.1, 0.15) is 5.75 Å². The van der Waals surface area contributed by atoms with Crippen molar-refractivity contribution in [3.8, 4) is 5.75 Å². The zero-order valence-corrected chi connectivity index (χ0v) is 15.1. The molecule has 2 fully saturated rings. The van der Waals surface area contributed by atoms with Gasteiger partial charge in [-0.1, -0.05) is 25.0 Å². The third-order valence-electron chi connectivity index (χ3n) is 5.35. The molecule has 2 aliphatic rings. The number of methoxy groups -OCH3 is 1. The number of ether oxygens (including phenoxy) is 1. The molecule has 0 N–H and O–H groups in total. The number of carbonyl (C=O) groups excluding carboxylic acids is 2. The summed E-state index contributed by atoms with van der Waals surface area (Å²) in [5.41, 5.74) is 0.965. The Hall–Kier alpha value is -2.04. The van der Waals surface area contributed by atoms with Crippen molar-refractivity contribution in [2.45, 2.75) is 38.5 Å². The maximum Gasteiger partial charge on any atom is 0.227 e. The molecule has 136 valence electrons. The summed E-state index contributed by atoms with van der Waals surface area (Å²) >= 11 is 0. The minimum absolute atomic E-state index is 0.128. The average molecular weight is 344 g/mol. The van der Waals surface area contributed by atoms with Crippen molar-refractivity contribution < 1.29 is 14.3 Å². The Kier molecular flexibility index (Phi) is 5.95. The van der Waals surface area contributed by atoms with E-state index in [2.05, 4.69) is 0 Å². The van der Waals surface area contributed by atoms with E-state index in [4.69, 9.17) is 4.74 Å². The van der Waals surface area contributed by atoms with E-state index in [9.17, 15) is 9.59 Å². The molecule has 1 aromatic rings. The molecule has 3 rings (SSSR count). The molecule has 0 aromatic heterocycles. The summed E-state index contributed by atoms with van der Waals surface area (Å²) in [6.45, 7) is 2.82. The van der Waals surface area contributed by atoms with E-state index in [-0.39, 0.29) is 11.8 Å². The fraction of sp³-hybridized carbons (Fsp3) is 0.600. The number of hydrogen-bond acceptors (Lipinski definition) is 3. The molecule has 0 atom stereocenters. The molecule has 5 nitrogen and oxygen atoms in total. The van der Waals surface area contributed by atoms with Crippen molar-refractivity contribution in [2.75, 3.05) is 33.3 Å². The van der Waals surface area contributed by atoms with Crippen LogP contribution in [0.25, 0.3) is 0 Å². The van der Waals surface area contributed by atoms with E-state index in [1.54, 1.807) is 7.11 Å². The molecule has 5 heteroatoms. The van der Waals surface area contributed by atoms with Gasteiger partial charge in [0.15, 0.2) is 0 Å². The number of carbonyl (C=O) groups is 2. The molecular formula is C20H28N2O3. The maximum atomic E-state index is 12.6. The van der Waals surface area contributed by atoms with Crippen LogP contribution in [0.1, 0.15) is 37.7 Å². The predicted octanol–water partition coefficient (Wildman–Crippen LogP) is 2.49. The first kappa shape index (κ1) is 17.8. The van der Waals surface area contributed by atoms with Crippen molar-refractivity contribution in [1.29, 1.82) is 0 Å². The number of nitrogens with zero attached hydrogens (tertiary/aromatic N) is 2. The standard InChI is InChI=1S/C20H28N2O3/c1-25-18-9-4-6-16(14-18)15-19(23)21-10-5-11-22(13-12-21)20(24)17-7-2-3-8-17/h4,6,9,14,17H,2-3,5,7-8,10-13,15H2,1H3. The van der Waals surface area contributed by atoms with Crippen molar-refractivity contribution >= 4 is 11.8 Å². The van der Waals surface area contributed by atoms with Gasteiger partial charge in [-0.05, 0) is 37.0 Å². The van der Waals surface area contributed by atoms with Crippen molar-refractivity contribution in [3.05, 3.63) is 29.8 Å². The molecule has 1 heterocycles. The lowest BCUT2D eigenvalue weighted by Gasteiger charge is -2.24. The lowest BCUT2D eigenvalue weighted by Crippen LogP contribution is -2.39. The number of amides is 2. The Labute approximate surface area is 149 Å². The zero-order chi connectivity index (χ0) is 17.6. The second-order valence-electron chi connectivity index (χ2n) is 7.07. The smallest absolute Gasteiger partial charge is 0.227 e. The molecule has 0 radical (unpaired) electrons. The van der Waals surface area contributed by atoms with Gasteiger partial charge in [-0.25, -0.2) is 0 Å². The van der Waals surface area contributed by atoms with Crippen molar-refractivity contribution in [3.63, 3.8) is 0 Å². The van der Waals surface area contributed by atoms with Crippen molar-refractivity contribution in [1.82, 2.24) is 9.80 Å². The molecule has 1 aromatic carbocycles. The summed E-state index contributed by atoms with van der Waals surface area (Å²) in [6.07, 6.45) is 5.67. The Morgan fingerprint density at radius 1 is 1.04 bits per heavy atom. The molecule has 1 saturated heterocycles. The highest BCUT2D eigenvalue weighted by molar-refractivity contribution is 5.80. The summed E-state index contributed by atoms with van der Waals surface area (Å²) in [5, 5.41) is 0. The fourth-order valence-corrected chi connectivity index (χ4v) is 3.89. The lowest BCUT2D eigenvalue weighted by atomic mass is 10.1. The van der Waals surface area contributed by atoms with E-state index in [0.717, 1.165) is 43.7 Å². The molecule has 0 unspecified atom stereocenters. The third-order valence-corrected chi connectivity index (χ3v) is 5.35. The Morgan fingerprint density at radius 3 is 2.52 bits per heavy atom. The second kappa shape index (κ2) is 8.37. The largest absolute Gasteiger partial charge is 0.497 e. The third kappa shape index (κ3) is 4.53. The SMILES string of the molecule is COc1cccc(CC(=O)N2CCCN(C(=O)C3CCCC3)CC2)c1. The molecule has 1 aliphatic heterocycles. The lowest BCUT2D eigenvalue weighted by molar-refractivity contribution is -0.136. The van der Waals surface area contributed by atoms with Gasteiger partial charge in [0.2, 0.25) is 11.8 Å². The van der Waals surface area contributed by atoms with Gasteiger partial charge in [-0.2, -0.15) is 0 Å². The van der Waals surface area contributed by atoms with E-state index in [1.807, 2.05) is 34.1 Å². The topological polar surface area (TPSA) is 49.9 Å². The van der Waals surface area contributed by atoms with Gasteiger partial charge in [-0.3, -0.25) is 9.59 Å². The first-order valence-electron chi connectivity index (χ1n) is 9.37. The molecule has 1 saturated carbocycles. The Bertz CT molecular complexity index is 611. The van der Waals surface area contributed by atoms with E-state index in [0.29, 0.717) is 25.4 Å². The van der Waals surface area contributed by atoms with Crippen LogP contribution in [0.3, 0.4) is 0 Å². The highest BCUT2D eigenvalue weighted by atomic mass is 16.5. The highest BCUT2D eigenvalue weighted by Gasteiger charge is 2.29. The molecule has 2 amide bonds. The van der Waals surface area contributed by atoms with Gasteiger partial charge < -0.3 is 14.5 Å². The first-order chi connectivity index (χ1) is 12.2. The van der Waals surface area contributed by atoms with Crippen LogP contribution < -0.4 is 4.74 Å². The van der Waals surface area contributed by atoms with Gasteiger partial charge in [0.25, 0.3) is 0 Å². The van der Waals surface area contributed by atoms with E-state index < -0.39 is 0 Å². The molecule has 0 bridgehead atoms. The van der Waals surface area contributed by atoms with Crippen LogP contribution in [-0.4, -0.2) is 54.9 Å². The normalized spacial score (nSPS) is 18.9. The van der Waals surface area contributed by atoms with Gasteiger partial charge in [0, 0.05) is 32.1 Å². The fourth-order valence-electron chi connectivity index (χ4n) is 3.89. The molecule has 1 aliphatic carbocycles. The summed E-state index contributed by atoms with van der Waals surface area (Å²) in [4.78, 5) is 29.1. The second-order valence-corrected chi connectivity index (χ2v) is 7.07. The molecular weight excluding hydrogens is 316 g/mol. The van der Waals surface area contributed by atoms with E-state index in [1.165, 1.54) is 12.8 Å². The monoisotopic (exact) mass is 344 g/mol. The van der Waals surface area contributed by atoms with Crippen LogP contribution in [0.5, 0.6) is 5.75 Å². The summed E-state index contributed by atoms with van der Waals surface area (Å²) < 4.78 is 5.22. The quantitative estimate of drug-likeness (QED) is 0.843. The van der Waals surface area contributed by atoms with Crippen LogP contribution >= 0.6 is 0 Å². The van der Waals surface area contributed by atoms with Gasteiger partial charge in [-0.15, -0.1) is 0 Å². The van der Waals surface area contributed by atoms with E-state index >= 15 is 0 Å². The number of benzene rings is 1. The van der Waals surface area contributed by atoms with Crippen molar-refractivity contribution in [2.24, 2.45) is 5.92 Å².